The van der Waals surface area contributed by atoms with Crippen LogP contribution in [0.1, 0.15) is 22.7 Å². The molecule has 18 heavy (non-hydrogen) atoms. The molecule has 0 bridgehead atoms. The van der Waals surface area contributed by atoms with Crippen molar-refractivity contribution in [2.45, 2.75) is 19.3 Å². The average Bonchev–Trinajstić information content (AvgIpc) is 2.86. The Kier molecular flexibility index (Phi) is 5.12. The zero-order valence-corrected chi connectivity index (χ0v) is 12.1. The molecule has 0 radical (unpaired) electrons. The smallest absolute Gasteiger partial charge is 0.0940 e. The molecule has 4 nitrogen and oxygen atoms in total. The van der Waals surface area contributed by atoms with Crippen LogP contribution in [0, 0.1) is 0 Å². The highest BCUT2D eigenvalue weighted by Gasteiger charge is 2.14. The van der Waals surface area contributed by atoms with E-state index in [2.05, 4.69) is 21.8 Å². The summed E-state index contributed by atoms with van der Waals surface area (Å²) in [5.74, 6) is 0.222. The molecule has 2 rings (SSSR count). The van der Waals surface area contributed by atoms with Crippen molar-refractivity contribution in [3.8, 4) is 0 Å². The summed E-state index contributed by atoms with van der Waals surface area (Å²) in [7, 11) is 2.18. The first-order chi connectivity index (χ1) is 8.69. The van der Waals surface area contributed by atoms with Crippen LogP contribution < -0.4 is 0 Å². The molecule has 1 aromatic rings. The van der Waals surface area contributed by atoms with Crippen LogP contribution in [0.4, 0.5) is 0 Å². The SMILES string of the molecule is CC(CO)c1cnc(CCN2CCN(C)CC2)s1. The van der Waals surface area contributed by atoms with Crippen molar-refractivity contribution < 1.29 is 5.11 Å². The Morgan fingerprint density at radius 1 is 1.39 bits per heavy atom. The molecule has 1 aromatic heterocycles. The highest BCUT2D eigenvalue weighted by Crippen LogP contribution is 2.22. The van der Waals surface area contributed by atoms with Crippen LogP contribution in [-0.2, 0) is 6.42 Å². The molecule has 1 aliphatic heterocycles. The summed E-state index contributed by atoms with van der Waals surface area (Å²) >= 11 is 1.75. The van der Waals surface area contributed by atoms with E-state index in [1.807, 2.05) is 13.1 Å². The topological polar surface area (TPSA) is 39.6 Å². The van der Waals surface area contributed by atoms with Crippen LogP contribution >= 0.6 is 11.3 Å². The fraction of sp³-hybridized carbons (Fsp3) is 0.769. The Morgan fingerprint density at radius 3 is 2.78 bits per heavy atom. The number of rotatable bonds is 5. The van der Waals surface area contributed by atoms with Gasteiger partial charge in [-0.05, 0) is 7.05 Å². The van der Waals surface area contributed by atoms with Crippen molar-refractivity contribution >= 4 is 11.3 Å². The molecule has 1 N–H and O–H groups in total. The molecule has 0 aromatic carbocycles. The molecular weight excluding hydrogens is 246 g/mol. The maximum absolute atomic E-state index is 9.12. The quantitative estimate of drug-likeness (QED) is 0.866. The van der Waals surface area contributed by atoms with Gasteiger partial charge >= 0.3 is 0 Å². The van der Waals surface area contributed by atoms with Gasteiger partial charge in [-0.3, -0.25) is 0 Å². The third kappa shape index (κ3) is 3.75. The van der Waals surface area contributed by atoms with E-state index in [4.69, 9.17) is 5.11 Å². The summed E-state index contributed by atoms with van der Waals surface area (Å²) in [5.41, 5.74) is 0. The molecule has 0 amide bonds. The standard InChI is InChI=1S/C13H23N3OS/c1-11(10-17)12-9-14-13(18-12)3-4-16-7-5-15(2)6-8-16/h9,11,17H,3-8,10H2,1-2H3. The number of hydrogen-bond acceptors (Lipinski definition) is 5. The lowest BCUT2D eigenvalue weighted by Crippen LogP contribution is -2.45. The molecule has 5 heteroatoms. The van der Waals surface area contributed by atoms with Crippen molar-refractivity contribution in [3.05, 3.63) is 16.1 Å². The molecule has 1 saturated heterocycles. The molecule has 0 saturated carbocycles. The highest BCUT2D eigenvalue weighted by molar-refractivity contribution is 7.11. The number of nitrogens with zero attached hydrogens (tertiary/aromatic N) is 3. The minimum absolute atomic E-state index is 0.208. The van der Waals surface area contributed by atoms with Gasteiger partial charge in [-0.25, -0.2) is 4.98 Å². The second-order valence-corrected chi connectivity index (χ2v) is 6.28. The Bertz CT molecular complexity index is 361. The third-order valence-electron chi connectivity index (χ3n) is 3.57. The molecule has 1 unspecified atom stereocenters. The Labute approximate surface area is 113 Å². The molecular formula is C13H23N3OS. The van der Waals surface area contributed by atoms with Crippen LogP contribution in [0.5, 0.6) is 0 Å². The van der Waals surface area contributed by atoms with E-state index < -0.39 is 0 Å². The Hall–Kier alpha value is -0.490. The minimum atomic E-state index is 0.208. The molecule has 1 aliphatic rings. The first-order valence-electron chi connectivity index (χ1n) is 6.65. The second kappa shape index (κ2) is 6.61. The molecule has 1 fully saturated rings. The minimum Gasteiger partial charge on any atom is -0.396 e. The predicted octanol–water partition coefficient (Wildman–Crippen LogP) is 1.03. The second-order valence-electron chi connectivity index (χ2n) is 5.13. The van der Waals surface area contributed by atoms with Gasteiger partial charge in [-0.1, -0.05) is 6.92 Å². The lowest BCUT2D eigenvalue weighted by atomic mass is 10.2. The summed E-state index contributed by atoms with van der Waals surface area (Å²) < 4.78 is 0. The number of aliphatic hydroxyl groups is 1. The first-order valence-corrected chi connectivity index (χ1v) is 7.47. The van der Waals surface area contributed by atoms with E-state index in [0.717, 1.165) is 13.0 Å². The average molecular weight is 269 g/mol. The van der Waals surface area contributed by atoms with Crippen molar-refractivity contribution in [2.75, 3.05) is 46.4 Å². The Morgan fingerprint density at radius 2 is 2.11 bits per heavy atom. The normalized spacial score (nSPS) is 20.2. The van der Waals surface area contributed by atoms with Gasteiger partial charge in [0.05, 0.1) is 11.6 Å². The van der Waals surface area contributed by atoms with Crippen molar-refractivity contribution in [1.82, 2.24) is 14.8 Å². The van der Waals surface area contributed by atoms with Crippen molar-refractivity contribution in [3.63, 3.8) is 0 Å². The number of likely N-dealkylation sites (N-methyl/N-ethyl adjacent to an activating group) is 1. The largest absolute Gasteiger partial charge is 0.396 e. The summed E-state index contributed by atoms with van der Waals surface area (Å²) in [4.78, 5) is 10.5. The van der Waals surface area contributed by atoms with Gasteiger partial charge in [0.15, 0.2) is 0 Å². The maximum Gasteiger partial charge on any atom is 0.0940 e. The predicted molar refractivity (Wildman–Crippen MR) is 75.3 cm³/mol. The van der Waals surface area contributed by atoms with E-state index in [1.165, 1.54) is 36.1 Å². The lowest BCUT2D eigenvalue weighted by Gasteiger charge is -2.32. The summed E-state index contributed by atoms with van der Waals surface area (Å²) in [6, 6.07) is 0. The number of thiazole rings is 1. The summed E-state index contributed by atoms with van der Waals surface area (Å²) in [6.45, 7) is 8.03. The zero-order chi connectivity index (χ0) is 13.0. The third-order valence-corrected chi connectivity index (χ3v) is 4.86. The number of hydrogen-bond donors (Lipinski definition) is 1. The molecule has 0 aliphatic carbocycles. The number of aromatic nitrogens is 1. The van der Waals surface area contributed by atoms with Crippen LogP contribution in [-0.4, -0.2) is 66.3 Å². The van der Waals surface area contributed by atoms with Gasteiger partial charge in [0.25, 0.3) is 0 Å². The monoisotopic (exact) mass is 269 g/mol. The molecule has 1 atom stereocenters. The summed E-state index contributed by atoms with van der Waals surface area (Å²) in [6.07, 6.45) is 2.96. The molecule has 0 spiro atoms. The van der Waals surface area contributed by atoms with Crippen LogP contribution in [0.2, 0.25) is 0 Å². The maximum atomic E-state index is 9.12. The van der Waals surface area contributed by atoms with Gasteiger partial charge < -0.3 is 14.9 Å². The van der Waals surface area contributed by atoms with E-state index >= 15 is 0 Å². The highest BCUT2D eigenvalue weighted by atomic mass is 32.1. The number of aliphatic hydroxyl groups excluding tert-OH is 1. The number of piperazine rings is 1. The van der Waals surface area contributed by atoms with E-state index in [1.54, 1.807) is 11.3 Å². The van der Waals surface area contributed by atoms with Gasteiger partial charge in [-0.15, -0.1) is 11.3 Å². The van der Waals surface area contributed by atoms with E-state index in [0.29, 0.717) is 0 Å². The van der Waals surface area contributed by atoms with Gasteiger partial charge in [0, 0.05) is 56.1 Å². The lowest BCUT2D eigenvalue weighted by molar-refractivity contribution is 0.155. The zero-order valence-electron chi connectivity index (χ0n) is 11.3. The first kappa shape index (κ1) is 13.9. The van der Waals surface area contributed by atoms with Crippen molar-refractivity contribution in [2.24, 2.45) is 0 Å². The van der Waals surface area contributed by atoms with Crippen LogP contribution in [0.25, 0.3) is 0 Å². The molecule has 2 heterocycles. The fourth-order valence-corrected chi connectivity index (χ4v) is 3.03. The van der Waals surface area contributed by atoms with Gasteiger partial charge in [0.1, 0.15) is 0 Å². The van der Waals surface area contributed by atoms with Crippen molar-refractivity contribution in [1.29, 1.82) is 0 Å². The summed E-state index contributed by atoms with van der Waals surface area (Å²) in [5, 5.41) is 10.3. The van der Waals surface area contributed by atoms with Crippen LogP contribution in [0.3, 0.4) is 0 Å². The van der Waals surface area contributed by atoms with Crippen LogP contribution in [0.15, 0.2) is 6.20 Å². The fourth-order valence-electron chi connectivity index (χ4n) is 2.08. The Balaban J connectivity index is 1.78. The van der Waals surface area contributed by atoms with E-state index in [-0.39, 0.29) is 12.5 Å². The van der Waals surface area contributed by atoms with E-state index in [9.17, 15) is 0 Å². The van der Waals surface area contributed by atoms with Gasteiger partial charge in [0.2, 0.25) is 0 Å². The van der Waals surface area contributed by atoms with Gasteiger partial charge in [-0.2, -0.15) is 0 Å². The molecule has 102 valence electrons.